The van der Waals surface area contributed by atoms with Crippen LogP contribution in [-0.2, 0) is 6.42 Å². The maximum atomic E-state index is 10.8. The minimum absolute atomic E-state index is 0.759. The number of fused-ring (bicyclic) bond motifs is 1. The summed E-state index contributed by atoms with van der Waals surface area (Å²) in [5, 5.41) is 2.39. The topological polar surface area (TPSA) is 17.1 Å². The van der Waals surface area contributed by atoms with Gasteiger partial charge in [-0.2, -0.15) is 0 Å². The summed E-state index contributed by atoms with van der Waals surface area (Å²) in [4.78, 5) is 10.8. The van der Waals surface area contributed by atoms with E-state index in [9.17, 15) is 4.79 Å². The number of rotatable bonds is 8. The molecule has 2 rings (SSSR count). The Balaban J connectivity index is 1.91. The molecule has 2 aromatic carbocycles. The molecule has 0 unspecified atom stereocenters. The zero-order valence-electron chi connectivity index (χ0n) is 12.4. The van der Waals surface area contributed by atoms with Crippen molar-refractivity contribution in [3.8, 4) is 0 Å². The lowest BCUT2D eigenvalue weighted by molar-refractivity contribution is 0.112. The smallest absolute Gasteiger partial charge is 0.150 e. The Morgan fingerprint density at radius 1 is 0.850 bits per heavy atom. The number of carbonyl (C=O) groups is 1. The molecule has 0 aliphatic heterocycles. The molecule has 0 amide bonds. The number of aldehydes is 1. The van der Waals surface area contributed by atoms with Gasteiger partial charge in [0.05, 0.1) is 0 Å². The SMILES string of the molecule is CCCCCCCCc1ccc2ccc(C=O)cc2c1. The molecule has 0 spiro atoms. The first kappa shape index (κ1) is 14.8. The van der Waals surface area contributed by atoms with Gasteiger partial charge < -0.3 is 0 Å². The number of hydrogen-bond acceptors (Lipinski definition) is 1. The molecule has 0 heterocycles. The van der Waals surface area contributed by atoms with Gasteiger partial charge >= 0.3 is 0 Å². The highest BCUT2D eigenvalue weighted by Gasteiger charge is 1.99. The fourth-order valence-electron chi connectivity index (χ4n) is 2.65. The van der Waals surface area contributed by atoms with E-state index in [1.807, 2.05) is 18.2 Å². The summed E-state index contributed by atoms with van der Waals surface area (Å²) in [7, 11) is 0. The predicted molar refractivity (Wildman–Crippen MR) is 86.4 cm³/mol. The maximum absolute atomic E-state index is 10.8. The van der Waals surface area contributed by atoms with Crippen molar-refractivity contribution < 1.29 is 4.79 Å². The van der Waals surface area contributed by atoms with E-state index in [-0.39, 0.29) is 0 Å². The van der Waals surface area contributed by atoms with E-state index in [1.54, 1.807) is 0 Å². The second-order valence-corrected chi connectivity index (χ2v) is 5.58. The van der Waals surface area contributed by atoms with Crippen molar-refractivity contribution in [1.29, 1.82) is 0 Å². The van der Waals surface area contributed by atoms with E-state index in [0.29, 0.717) is 0 Å². The van der Waals surface area contributed by atoms with Crippen molar-refractivity contribution in [3.63, 3.8) is 0 Å². The van der Waals surface area contributed by atoms with Crippen LogP contribution in [0.25, 0.3) is 10.8 Å². The average Bonchev–Trinajstić information content (AvgIpc) is 2.50. The fraction of sp³-hybridized carbons (Fsp3) is 0.421. The molecule has 1 nitrogen and oxygen atoms in total. The molecular formula is C19H24O. The van der Waals surface area contributed by atoms with Gasteiger partial charge in [-0.05, 0) is 35.2 Å². The summed E-state index contributed by atoms with van der Waals surface area (Å²) in [6, 6.07) is 12.5. The third kappa shape index (κ3) is 4.19. The Morgan fingerprint density at radius 3 is 2.40 bits per heavy atom. The summed E-state index contributed by atoms with van der Waals surface area (Å²) in [6.45, 7) is 2.25. The second-order valence-electron chi connectivity index (χ2n) is 5.58. The molecule has 0 aliphatic rings. The summed E-state index contributed by atoms with van der Waals surface area (Å²) < 4.78 is 0. The van der Waals surface area contributed by atoms with E-state index in [1.165, 1.54) is 54.9 Å². The molecule has 20 heavy (non-hydrogen) atoms. The average molecular weight is 268 g/mol. The quantitative estimate of drug-likeness (QED) is 0.453. The Bertz CT molecular complexity index is 557. The van der Waals surface area contributed by atoms with Crippen LogP contribution in [0.5, 0.6) is 0 Å². The first-order valence-electron chi connectivity index (χ1n) is 7.81. The molecule has 106 valence electrons. The van der Waals surface area contributed by atoms with Crippen LogP contribution in [0.3, 0.4) is 0 Å². The van der Waals surface area contributed by atoms with Crippen molar-refractivity contribution in [2.45, 2.75) is 51.9 Å². The molecule has 0 saturated carbocycles. The molecule has 1 heteroatoms. The normalized spacial score (nSPS) is 10.8. The van der Waals surface area contributed by atoms with E-state index in [0.717, 1.165) is 18.3 Å². The highest BCUT2D eigenvalue weighted by molar-refractivity contribution is 5.89. The minimum atomic E-state index is 0.759. The highest BCUT2D eigenvalue weighted by atomic mass is 16.1. The number of benzene rings is 2. The van der Waals surface area contributed by atoms with Gasteiger partial charge in [-0.1, -0.05) is 69.4 Å². The standard InChI is InChI=1S/C19H24O/c1-2-3-4-5-6-7-8-16-9-11-18-12-10-17(15-20)14-19(18)13-16/h9-15H,2-8H2,1H3. The number of aryl methyl sites for hydroxylation is 1. The zero-order valence-corrected chi connectivity index (χ0v) is 12.4. The van der Waals surface area contributed by atoms with Crippen LogP contribution in [0.4, 0.5) is 0 Å². The van der Waals surface area contributed by atoms with E-state index in [4.69, 9.17) is 0 Å². The fourth-order valence-corrected chi connectivity index (χ4v) is 2.65. The molecule has 0 aliphatic carbocycles. The maximum Gasteiger partial charge on any atom is 0.150 e. The van der Waals surface area contributed by atoms with Crippen LogP contribution in [0.1, 0.15) is 61.4 Å². The predicted octanol–water partition coefficient (Wildman–Crippen LogP) is 5.56. The molecular weight excluding hydrogens is 244 g/mol. The Hall–Kier alpha value is -1.63. The van der Waals surface area contributed by atoms with Crippen molar-refractivity contribution in [2.75, 3.05) is 0 Å². The van der Waals surface area contributed by atoms with Gasteiger partial charge in [0, 0.05) is 5.56 Å². The van der Waals surface area contributed by atoms with E-state index < -0.39 is 0 Å². The van der Waals surface area contributed by atoms with Crippen molar-refractivity contribution >= 4 is 17.1 Å². The Morgan fingerprint density at radius 2 is 1.60 bits per heavy atom. The van der Waals surface area contributed by atoms with Crippen molar-refractivity contribution in [1.82, 2.24) is 0 Å². The van der Waals surface area contributed by atoms with E-state index >= 15 is 0 Å². The third-order valence-electron chi connectivity index (χ3n) is 3.88. The monoisotopic (exact) mass is 268 g/mol. The minimum Gasteiger partial charge on any atom is -0.298 e. The summed E-state index contributed by atoms with van der Waals surface area (Å²) in [6.07, 6.45) is 10.1. The molecule has 0 N–H and O–H groups in total. The highest BCUT2D eigenvalue weighted by Crippen LogP contribution is 2.19. The Labute approximate surface area is 122 Å². The van der Waals surface area contributed by atoms with Crippen LogP contribution in [0, 0.1) is 0 Å². The van der Waals surface area contributed by atoms with Gasteiger partial charge in [0.25, 0.3) is 0 Å². The third-order valence-corrected chi connectivity index (χ3v) is 3.88. The van der Waals surface area contributed by atoms with Gasteiger partial charge in [-0.15, -0.1) is 0 Å². The summed E-state index contributed by atoms with van der Waals surface area (Å²) >= 11 is 0. The lowest BCUT2D eigenvalue weighted by atomic mass is 10.0. The zero-order chi connectivity index (χ0) is 14.2. The van der Waals surface area contributed by atoms with Crippen molar-refractivity contribution in [2.24, 2.45) is 0 Å². The van der Waals surface area contributed by atoms with Gasteiger partial charge in [0.2, 0.25) is 0 Å². The van der Waals surface area contributed by atoms with Gasteiger partial charge in [0.15, 0.2) is 0 Å². The largest absolute Gasteiger partial charge is 0.298 e. The van der Waals surface area contributed by atoms with Crippen LogP contribution in [0.15, 0.2) is 36.4 Å². The van der Waals surface area contributed by atoms with E-state index in [2.05, 4.69) is 25.1 Å². The van der Waals surface area contributed by atoms with Gasteiger partial charge in [-0.3, -0.25) is 4.79 Å². The number of unbranched alkanes of at least 4 members (excludes halogenated alkanes) is 5. The molecule has 0 aromatic heterocycles. The molecule has 2 aromatic rings. The van der Waals surface area contributed by atoms with Crippen LogP contribution < -0.4 is 0 Å². The second kappa shape index (κ2) is 7.84. The van der Waals surface area contributed by atoms with Gasteiger partial charge in [-0.25, -0.2) is 0 Å². The first-order chi connectivity index (χ1) is 9.83. The van der Waals surface area contributed by atoms with Crippen LogP contribution >= 0.6 is 0 Å². The van der Waals surface area contributed by atoms with Gasteiger partial charge in [0.1, 0.15) is 6.29 Å². The molecule has 0 bridgehead atoms. The number of carbonyl (C=O) groups excluding carboxylic acids is 1. The summed E-state index contributed by atoms with van der Waals surface area (Å²) in [5.74, 6) is 0. The summed E-state index contributed by atoms with van der Waals surface area (Å²) in [5.41, 5.74) is 2.14. The van der Waals surface area contributed by atoms with Crippen LogP contribution in [0.2, 0.25) is 0 Å². The lowest BCUT2D eigenvalue weighted by Gasteiger charge is -2.05. The molecule has 0 saturated heterocycles. The molecule has 0 atom stereocenters. The Kier molecular flexibility index (Phi) is 5.79. The molecule has 0 fully saturated rings. The van der Waals surface area contributed by atoms with Crippen LogP contribution in [-0.4, -0.2) is 6.29 Å². The molecule has 0 radical (unpaired) electrons. The van der Waals surface area contributed by atoms with Crippen molar-refractivity contribution in [3.05, 3.63) is 47.5 Å². The number of hydrogen-bond donors (Lipinski definition) is 0. The first-order valence-corrected chi connectivity index (χ1v) is 7.81. The lowest BCUT2D eigenvalue weighted by Crippen LogP contribution is -1.88.